The molecule has 1 spiro atoms. The molecule has 0 unspecified atom stereocenters. The summed E-state index contributed by atoms with van der Waals surface area (Å²) in [5.74, 6) is 0.526. The highest BCUT2D eigenvalue weighted by Gasteiger charge is 2.48. The van der Waals surface area contributed by atoms with Crippen LogP contribution in [0.15, 0.2) is 41.3 Å². The Labute approximate surface area is 223 Å². The van der Waals surface area contributed by atoms with E-state index in [1.807, 2.05) is 37.3 Å². The van der Waals surface area contributed by atoms with Gasteiger partial charge in [0.15, 0.2) is 0 Å². The second-order valence-electron chi connectivity index (χ2n) is 11.2. The minimum Gasteiger partial charge on any atom is -0.497 e. The summed E-state index contributed by atoms with van der Waals surface area (Å²) < 4.78 is 12.5. The highest BCUT2D eigenvalue weighted by atomic mass is 16.5. The van der Waals surface area contributed by atoms with Crippen LogP contribution in [0, 0.1) is 12.3 Å². The van der Waals surface area contributed by atoms with Gasteiger partial charge in [-0.3, -0.25) is 19.1 Å². The molecule has 1 aromatic carbocycles. The van der Waals surface area contributed by atoms with Gasteiger partial charge in [-0.1, -0.05) is 18.6 Å². The largest absolute Gasteiger partial charge is 0.497 e. The average Bonchev–Trinajstić information content (AvgIpc) is 2.90. The molecule has 6 rings (SSSR count). The SMILES string of the molecule is COc1ccc(-c2cnc3c(c2)c(C)c(C(=O)NC2CC4(CCC4)C2)c(=O)n3CCN2CCOCC2)cc1. The molecule has 0 radical (unpaired) electrons. The van der Waals surface area contributed by atoms with Crippen LogP contribution < -0.4 is 15.6 Å². The summed E-state index contributed by atoms with van der Waals surface area (Å²) in [6.07, 6.45) is 7.69. The Morgan fingerprint density at radius 2 is 1.87 bits per heavy atom. The van der Waals surface area contributed by atoms with Crippen molar-refractivity contribution in [2.24, 2.45) is 5.41 Å². The molecule has 8 nitrogen and oxygen atoms in total. The Hall–Kier alpha value is -3.23. The molecule has 2 aliphatic carbocycles. The molecule has 3 aliphatic rings. The van der Waals surface area contributed by atoms with Gasteiger partial charge in [0.05, 0.1) is 20.3 Å². The van der Waals surface area contributed by atoms with E-state index in [-0.39, 0.29) is 23.1 Å². The van der Waals surface area contributed by atoms with Gasteiger partial charge in [0, 0.05) is 49.4 Å². The number of nitrogens with zero attached hydrogens (tertiary/aromatic N) is 3. The molecule has 0 atom stereocenters. The number of aromatic nitrogens is 2. The Kier molecular flexibility index (Phi) is 6.70. The van der Waals surface area contributed by atoms with Crippen LogP contribution in [-0.4, -0.2) is 66.4 Å². The monoisotopic (exact) mass is 516 g/mol. The van der Waals surface area contributed by atoms with Gasteiger partial charge in [-0.05, 0) is 67.3 Å². The third-order valence-corrected chi connectivity index (χ3v) is 8.86. The maximum atomic E-state index is 13.8. The molecule has 8 heteroatoms. The third-order valence-electron chi connectivity index (χ3n) is 8.86. The molecule has 2 aromatic heterocycles. The number of hydrogen-bond acceptors (Lipinski definition) is 6. The van der Waals surface area contributed by atoms with Crippen molar-refractivity contribution in [2.75, 3.05) is 40.0 Å². The lowest BCUT2D eigenvalue weighted by Crippen LogP contribution is -2.54. The van der Waals surface area contributed by atoms with Gasteiger partial charge in [-0.2, -0.15) is 0 Å². The molecule has 3 heterocycles. The molecule has 1 N–H and O–H groups in total. The number of benzene rings is 1. The van der Waals surface area contributed by atoms with Crippen molar-refractivity contribution in [1.82, 2.24) is 19.8 Å². The van der Waals surface area contributed by atoms with Crippen LogP contribution in [0.1, 0.15) is 48.0 Å². The predicted octanol–water partition coefficient (Wildman–Crippen LogP) is 3.78. The lowest BCUT2D eigenvalue weighted by Gasteiger charge is -2.54. The van der Waals surface area contributed by atoms with Gasteiger partial charge >= 0.3 is 0 Å². The standard InChI is InChI=1S/C30H36N4O4/c1-20-25-16-22(21-4-6-24(37-2)7-5-21)19-31-27(25)34(11-10-33-12-14-38-15-13-33)29(36)26(20)28(35)32-23-17-30(18-23)8-3-9-30/h4-7,16,19,23H,3,8-15,17-18H2,1-2H3,(H,32,35). The van der Waals surface area contributed by atoms with E-state index in [4.69, 9.17) is 14.5 Å². The zero-order valence-electron chi connectivity index (χ0n) is 22.3. The number of ether oxygens (including phenoxy) is 2. The summed E-state index contributed by atoms with van der Waals surface area (Å²) in [6, 6.07) is 10.0. The maximum absolute atomic E-state index is 13.8. The normalized spacial score (nSPS) is 19.2. The molecular formula is C30H36N4O4. The summed E-state index contributed by atoms with van der Waals surface area (Å²) in [7, 11) is 1.65. The Bertz CT molecular complexity index is 1400. The maximum Gasteiger partial charge on any atom is 0.265 e. The van der Waals surface area contributed by atoms with E-state index in [9.17, 15) is 9.59 Å². The molecule has 1 amide bonds. The van der Waals surface area contributed by atoms with Crippen LogP contribution >= 0.6 is 0 Å². The summed E-state index contributed by atoms with van der Waals surface area (Å²) in [4.78, 5) is 34.4. The molecule has 1 aliphatic heterocycles. The van der Waals surface area contributed by atoms with Gasteiger partial charge in [0.25, 0.3) is 11.5 Å². The number of rotatable bonds is 7. The van der Waals surface area contributed by atoms with Gasteiger partial charge in [-0.25, -0.2) is 4.98 Å². The van der Waals surface area contributed by atoms with Crippen molar-refractivity contribution in [3.05, 3.63) is 58.0 Å². The van der Waals surface area contributed by atoms with Crippen molar-refractivity contribution >= 4 is 16.9 Å². The van der Waals surface area contributed by atoms with Crippen molar-refractivity contribution in [1.29, 1.82) is 0 Å². The number of nitrogens with one attached hydrogen (secondary N) is 1. The molecule has 0 bridgehead atoms. The summed E-state index contributed by atoms with van der Waals surface area (Å²) in [6.45, 7) is 6.12. The van der Waals surface area contributed by atoms with E-state index in [2.05, 4.69) is 10.2 Å². The van der Waals surface area contributed by atoms with E-state index < -0.39 is 0 Å². The Morgan fingerprint density at radius 1 is 1.13 bits per heavy atom. The predicted molar refractivity (Wildman–Crippen MR) is 147 cm³/mol. The number of aryl methyl sites for hydroxylation is 1. The second-order valence-corrected chi connectivity index (χ2v) is 11.2. The topological polar surface area (TPSA) is 85.7 Å². The minimum absolute atomic E-state index is 0.155. The number of morpholine rings is 1. The number of methoxy groups -OCH3 is 1. The number of carbonyl (C=O) groups is 1. The van der Waals surface area contributed by atoms with Crippen molar-refractivity contribution in [3.63, 3.8) is 0 Å². The van der Waals surface area contributed by atoms with E-state index in [0.29, 0.717) is 42.9 Å². The molecule has 200 valence electrons. The summed E-state index contributed by atoms with van der Waals surface area (Å²) >= 11 is 0. The highest BCUT2D eigenvalue weighted by molar-refractivity contribution is 6.00. The summed E-state index contributed by atoms with van der Waals surface area (Å²) in [5, 5.41) is 4.01. The first-order valence-corrected chi connectivity index (χ1v) is 13.7. The fourth-order valence-corrected chi connectivity index (χ4v) is 6.39. The van der Waals surface area contributed by atoms with Crippen molar-refractivity contribution in [3.8, 4) is 16.9 Å². The lowest BCUT2D eigenvalue weighted by molar-refractivity contribution is -0.000660. The van der Waals surface area contributed by atoms with Gasteiger partial charge < -0.3 is 14.8 Å². The van der Waals surface area contributed by atoms with Gasteiger partial charge in [-0.15, -0.1) is 0 Å². The van der Waals surface area contributed by atoms with Crippen LogP contribution in [0.3, 0.4) is 0 Å². The van der Waals surface area contributed by atoms with Crippen LogP contribution in [0.4, 0.5) is 0 Å². The quantitative estimate of drug-likeness (QED) is 0.515. The fraction of sp³-hybridized carbons (Fsp3) is 0.500. The van der Waals surface area contributed by atoms with E-state index >= 15 is 0 Å². The van der Waals surface area contributed by atoms with Crippen molar-refractivity contribution in [2.45, 2.75) is 51.6 Å². The van der Waals surface area contributed by atoms with Crippen LogP contribution in [0.25, 0.3) is 22.2 Å². The minimum atomic E-state index is -0.261. The average molecular weight is 517 g/mol. The third kappa shape index (κ3) is 4.60. The first kappa shape index (κ1) is 25.1. The molecule has 3 fully saturated rings. The first-order valence-electron chi connectivity index (χ1n) is 13.7. The number of fused-ring (bicyclic) bond motifs is 1. The smallest absolute Gasteiger partial charge is 0.265 e. The van der Waals surface area contributed by atoms with Crippen LogP contribution in [0.5, 0.6) is 5.75 Å². The van der Waals surface area contributed by atoms with E-state index in [1.165, 1.54) is 19.3 Å². The highest BCUT2D eigenvalue weighted by Crippen LogP contribution is 2.55. The number of pyridine rings is 2. The zero-order chi connectivity index (χ0) is 26.3. The zero-order valence-corrected chi connectivity index (χ0v) is 22.3. The second kappa shape index (κ2) is 10.2. The molecule has 3 aromatic rings. The molecular weight excluding hydrogens is 480 g/mol. The van der Waals surface area contributed by atoms with Crippen LogP contribution in [-0.2, 0) is 11.3 Å². The fourth-order valence-electron chi connectivity index (χ4n) is 6.39. The lowest BCUT2D eigenvalue weighted by atomic mass is 9.54. The Balaban J connectivity index is 1.36. The first-order chi connectivity index (χ1) is 18.5. The van der Waals surface area contributed by atoms with Gasteiger partial charge in [0.2, 0.25) is 0 Å². The van der Waals surface area contributed by atoms with Crippen LogP contribution in [0.2, 0.25) is 0 Å². The van der Waals surface area contributed by atoms with E-state index in [1.54, 1.807) is 17.9 Å². The van der Waals surface area contributed by atoms with Gasteiger partial charge in [0.1, 0.15) is 17.0 Å². The van der Waals surface area contributed by atoms with Crippen molar-refractivity contribution < 1.29 is 14.3 Å². The number of amides is 1. The summed E-state index contributed by atoms with van der Waals surface area (Å²) in [5.41, 5.74) is 3.66. The molecule has 2 saturated carbocycles. The number of hydrogen-bond donors (Lipinski definition) is 1. The van der Waals surface area contributed by atoms with E-state index in [0.717, 1.165) is 48.2 Å². The molecule has 38 heavy (non-hydrogen) atoms. The number of carbonyl (C=O) groups excluding carboxylic acids is 1. The molecule has 1 saturated heterocycles. The Morgan fingerprint density at radius 3 is 2.53 bits per heavy atom.